The average molecular weight is 344 g/mol. The van der Waals surface area contributed by atoms with Crippen molar-refractivity contribution in [3.8, 4) is 0 Å². The smallest absolute Gasteiger partial charge is 0.234 e. The Bertz CT molecular complexity index is 677. The highest BCUT2D eigenvalue weighted by molar-refractivity contribution is 6.31. The summed E-state index contributed by atoms with van der Waals surface area (Å²) in [5.74, 6) is 0.0396. The van der Waals surface area contributed by atoms with Gasteiger partial charge in [0.05, 0.1) is 6.54 Å². The first-order valence-corrected chi connectivity index (χ1v) is 8.61. The molecule has 0 aliphatic carbocycles. The van der Waals surface area contributed by atoms with Gasteiger partial charge in [-0.1, -0.05) is 60.1 Å². The number of hydrogen-bond donors (Lipinski definition) is 2. The molecule has 1 unspecified atom stereocenters. The van der Waals surface area contributed by atoms with Gasteiger partial charge in [-0.2, -0.15) is 0 Å². The van der Waals surface area contributed by atoms with Gasteiger partial charge in [-0.05, 0) is 17.2 Å². The number of rotatable bonds is 5. The highest BCUT2D eigenvalue weighted by Crippen LogP contribution is 2.28. The van der Waals surface area contributed by atoms with Crippen molar-refractivity contribution in [2.24, 2.45) is 0 Å². The van der Waals surface area contributed by atoms with Crippen LogP contribution in [-0.4, -0.2) is 37.0 Å². The van der Waals surface area contributed by atoms with Crippen LogP contribution in [0.15, 0.2) is 54.6 Å². The summed E-state index contributed by atoms with van der Waals surface area (Å²) < 4.78 is 0. The van der Waals surface area contributed by atoms with Crippen LogP contribution < -0.4 is 10.6 Å². The predicted molar refractivity (Wildman–Crippen MR) is 96.9 cm³/mol. The number of nitrogens with zero attached hydrogens (tertiary/aromatic N) is 1. The van der Waals surface area contributed by atoms with Crippen molar-refractivity contribution in [3.05, 3.63) is 70.7 Å². The standard InChI is InChI=1S/C19H22ClN3O/c20-17-9-5-4-8-16(17)18-13-21-10-11-23(18)14-19(24)22-12-15-6-2-1-3-7-15/h1-9,18,21H,10-14H2,(H,22,24). The molecule has 2 aromatic carbocycles. The fraction of sp³-hybridized carbons (Fsp3) is 0.316. The van der Waals surface area contributed by atoms with Crippen LogP contribution in [-0.2, 0) is 11.3 Å². The van der Waals surface area contributed by atoms with Crippen LogP contribution in [0.4, 0.5) is 0 Å². The van der Waals surface area contributed by atoms with Crippen LogP contribution in [0.5, 0.6) is 0 Å². The van der Waals surface area contributed by atoms with E-state index in [1.54, 1.807) is 0 Å². The zero-order chi connectivity index (χ0) is 16.8. The lowest BCUT2D eigenvalue weighted by Crippen LogP contribution is -2.49. The zero-order valence-electron chi connectivity index (χ0n) is 13.5. The number of piperazine rings is 1. The number of nitrogens with one attached hydrogen (secondary N) is 2. The molecule has 1 amide bonds. The van der Waals surface area contributed by atoms with Gasteiger partial charge in [0.2, 0.25) is 5.91 Å². The lowest BCUT2D eigenvalue weighted by molar-refractivity contribution is -0.123. The minimum absolute atomic E-state index is 0.0396. The first kappa shape index (κ1) is 17.0. The van der Waals surface area contributed by atoms with Crippen LogP contribution in [0.2, 0.25) is 5.02 Å². The largest absolute Gasteiger partial charge is 0.351 e. The zero-order valence-corrected chi connectivity index (χ0v) is 14.3. The van der Waals surface area contributed by atoms with E-state index < -0.39 is 0 Å². The van der Waals surface area contributed by atoms with Crippen LogP contribution in [0.25, 0.3) is 0 Å². The molecule has 1 heterocycles. The molecule has 3 rings (SSSR count). The van der Waals surface area contributed by atoms with Crippen molar-refractivity contribution in [1.82, 2.24) is 15.5 Å². The molecule has 1 aliphatic rings. The first-order chi connectivity index (χ1) is 11.7. The van der Waals surface area contributed by atoms with E-state index >= 15 is 0 Å². The van der Waals surface area contributed by atoms with Crippen LogP contribution in [0, 0.1) is 0 Å². The summed E-state index contributed by atoms with van der Waals surface area (Å²) in [7, 11) is 0. The summed E-state index contributed by atoms with van der Waals surface area (Å²) in [4.78, 5) is 14.5. The van der Waals surface area contributed by atoms with Crippen molar-refractivity contribution in [2.75, 3.05) is 26.2 Å². The molecule has 0 aromatic heterocycles. The molecule has 126 valence electrons. The van der Waals surface area contributed by atoms with Crippen molar-refractivity contribution in [1.29, 1.82) is 0 Å². The van der Waals surface area contributed by atoms with Crippen molar-refractivity contribution in [3.63, 3.8) is 0 Å². The quantitative estimate of drug-likeness (QED) is 0.877. The van der Waals surface area contributed by atoms with Gasteiger partial charge in [0, 0.05) is 37.2 Å². The molecule has 0 bridgehead atoms. The molecule has 24 heavy (non-hydrogen) atoms. The van der Waals surface area contributed by atoms with E-state index in [0.717, 1.165) is 35.8 Å². The number of benzene rings is 2. The van der Waals surface area contributed by atoms with E-state index in [0.29, 0.717) is 13.1 Å². The molecule has 0 saturated carbocycles. The second-order valence-corrected chi connectivity index (χ2v) is 6.38. The Balaban J connectivity index is 1.61. The van der Waals surface area contributed by atoms with Gasteiger partial charge < -0.3 is 10.6 Å². The van der Waals surface area contributed by atoms with Crippen LogP contribution >= 0.6 is 11.6 Å². The highest BCUT2D eigenvalue weighted by atomic mass is 35.5. The Morgan fingerprint density at radius 3 is 2.71 bits per heavy atom. The van der Waals surface area contributed by atoms with Gasteiger partial charge >= 0.3 is 0 Å². The third-order valence-corrected chi connectivity index (χ3v) is 4.64. The van der Waals surface area contributed by atoms with Crippen LogP contribution in [0.1, 0.15) is 17.2 Å². The number of carbonyl (C=O) groups is 1. The maximum atomic E-state index is 12.3. The molecule has 0 spiro atoms. The maximum Gasteiger partial charge on any atom is 0.234 e. The fourth-order valence-electron chi connectivity index (χ4n) is 3.02. The van der Waals surface area contributed by atoms with E-state index in [1.165, 1.54) is 0 Å². The normalized spacial score (nSPS) is 18.3. The summed E-state index contributed by atoms with van der Waals surface area (Å²) >= 11 is 6.35. The molecule has 1 aliphatic heterocycles. The van der Waals surface area contributed by atoms with Crippen molar-refractivity contribution < 1.29 is 4.79 Å². The van der Waals surface area contributed by atoms with E-state index in [2.05, 4.69) is 15.5 Å². The van der Waals surface area contributed by atoms with E-state index in [-0.39, 0.29) is 11.9 Å². The second kappa shape index (κ2) is 8.29. The van der Waals surface area contributed by atoms with Gasteiger partial charge in [0.1, 0.15) is 0 Å². The number of hydrogen-bond acceptors (Lipinski definition) is 3. The molecule has 2 aromatic rings. The third-order valence-electron chi connectivity index (χ3n) is 4.30. The highest BCUT2D eigenvalue weighted by Gasteiger charge is 2.26. The Morgan fingerprint density at radius 1 is 1.17 bits per heavy atom. The molecule has 2 N–H and O–H groups in total. The minimum Gasteiger partial charge on any atom is -0.351 e. The Morgan fingerprint density at radius 2 is 1.92 bits per heavy atom. The molecule has 4 nitrogen and oxygen atoms in total. The molecule has 0 radical (unpaired) electrons. The van der Waals surface area contributed by atoms with Gasteiger partial charge in [0.25, 0.3) is 0 Å². The molecular weight excluding hydrogens is 322 g/mol. The topological polar surface area (TPSA) is 44.4 Å². The molecule has 5 heteroatoms. The monoisotopic (exact) mass is 343 g/mol. The first-order valence-electron chi connectivity index (χ1n) is 8.24. The summed E-state index contributed by atoms with van der Waals surface area (Å²) in [6.45, 7) is 3.45. The average Bonchev–Trinajstić information content (AvgIpc) is 2.62. The maximum absolute atomic E-state index is 12.3. The minimum atomic E-state index is 0.0396. The number of halogens is 1. The summed E-state index contributed by atoms with van der Waals surface area (Å²) in [6, 6.07) is 17.9. The Kier molecular flexibility index (Phi) is 5.86. The second-order valence-electron chi connectivity index (χ2n) is 5.97. The summed E-state index contributed by atoms with van der Waals surface area (Å²) in [5, 5.41) is 7.14. The van der Waals surface area contributed by atoms with E-state index in [9.17, 15) is 4.79 Å². The lowest BCUT2D eigenvalue weighted by Gasteiger charge is -2.36. The van der Waals surface area contributed by atoms with Gasteiger partial charge in [-0.25, -0.2) is 0 Å². The molecule has 1 fully saturated rings. The number of amides is 1. The van der Waals surface area contributed by atoms with E-state index in [1.807, 2.05) is 54.6 Å². The Labute approximate surface area is 147 Å². The number of carbonyl (C=O) groups excluding carboxylic acids is 1. The summed E-state index contributed by atoms with van der Waals surface area (Å²) in [5.41, 5.74) is 2.18. The van der Waals surface area contributed by atoms with Crippen molar-refractivity contribution >= 4 is 17.5 Å². The van der Waals surface area contributed by atoms with E-state index in [4.69, 9.17) is 11.6 Å². The molecular formula is C19H22ClN3O. The van der Waals surface area contributed by atoms with Gasteiger partial charge in [-0.15, -0.1) is 0 Å². The molecule has 1 atom stereocenters. The third kappa shape index (κ3) is 4.35. The predicted octanol–water partition coefficient (Wildman–Crippen LogP) is 2.60. The molecule has 1 saturated heterocycles. The lowest BCUT2D eigenvalue weighted by atomic mass is 10.0. The van der Waals surface area contributed by atoms with Crippen molar-refractivity contribution in [2.45, 2.75) is 12.6 Å². The van der Waals surface area contributed by atoms with Gasteiger partial charge in [-0.3, -0.25) is 9.69 Å². The summed E-state index contributed by atoms with van der Waals surface area (Å²) in [6.07, 6.45) is 0. The SMILES string of the molecule is O=C(CN1CCNCC1c1ccccc1Cl)NCc1ccccc1. The van der Waals surface area contributed by atoms with Crippen LogP contribution in [0.3, 0.4) is 0 Å². The van der Waals surface area contributed by atoms with Gasteiger partial charge in [0.15, 0.2) is 0 Å². The fourth-order valence-corrected chi connectivity index (χ4v) is 3.29. The Hall–Kier alpha value is -1.88.